The van der Waals surface area contributed by atoms with Gasteiger partial charge in [-0.1, -0.05) is 6.07 Å². The van der Waals surface area contributed by atoms with Gasteiger partial charge in [0.05, 0.1) is 5.56 Å². The Hall–Kier alpha value is -2.24. The number of halogens is 3. The Balaban J connectivity index is 2.02. The second-order valence-electron chi connectivity index (χ2n) is 4.30. The molecule has 106 valence electrons. The summed E-state index contributed by atoms with van der Waals surface area (Å²) in [4.78, 5) is 11.8. The number of nitrogens with zero attached hydrogens (tertiary/aromatic N) is 1. The zero-order chi connectivity index (χ0) is 14.8. The molecular formula is C14H12F3NO2. The summed E-state index contributed by atoms with van der Waals surface area (Å²) in [5.74, 6) is -0.271. The van der Waals surface area contributed by atoms with Gasteiger partial charge < -0.3 is 9.30 Å². The van der Waals surface area contributed by atoms with Crippen molar-refractivity contribution in [2.75, 3.05) is 6.61 Å². The molecule has 0 saturated carbocycles. The van der Waals surface area contributed by atoms with Gasteiger partial charge in [0.15, 0.2) is 6.61 Å². The summed E-state index contributed by atoms with van der Waals surface area (Å²) in [6.45, 7) is -0.300. The maximum absolute atomic E-state index is 12.5. The number of ketones is 1. The maximum atomic E-state index is 12.5. The van der Waals surface area contributed by atoms with Crippen LogP contribution in [-0.4, -0.2) is 17.0 Å². The molecule has 0 aliphatic carbocycles. The Bertz CT molecular complexity index is 617. The molecule has 0 N–H and O–H groups in total. The predicted molar refractivity (Wildman–Crippen MR) is 66.7 cm³/mol. The van der Waals surface area contributed by atoms with Gasteiger partial charge in [-0.25, -0.2) is 0 Å². The van der Waals surface area contributed by atoms with Crippen LogP contribution in [0.2, 0.25) is 0 Å². The summed E-state index contributed by atoms with van der Waals surface area (Å²) >= 11 is 0. The Labute approximate surface area is 113 Å². The normalized spacial score (nSPS) is 11.4. The highest BCUT2D eigenvalue weighted by Gasteiger charge is 2.30. The molecule has 0 spiro atoms. The molecule has 20 heavy (non-hydrogen) atoms. The van der Waals surface area contributed by atoms with Crippen molar-refractivity contribution in [1.29, 1.82) is 0 Å². The topological polar surface area (TPSA) is 31.2 Å². The first-order valence-electron chi connectivity index (χ1n) is 5.81. The number of carbonyl (C=O) groups excluding carboxylic acids is 1. The number of aromatic nitrogens is 1. The second kappa shape index (κ2) is 5.40. The van der Waals surface area contributed by atoms with E-state index in [9.17, 15) is 18.0 Å². The van der Waals surface area contributed by atoms with Gasteiger partial charge in [0.2, 0.25) is 5.78 Å². The van der Waals surface area contributed by atoms with Crippen LogP contribution in [0.25, 0.3) is 0 Å². The van der Waals surface area contributed by atoms with Gasteiger partial charge in [-0.3, -0.25) is 4.79 Å². The summed E-state index contributed by atoms with van der Waals surface area (Å²) < 4.78 is 44.3. The molecule has 0 radical (unpaired) electrons. The summed E-state index contributed by atoms with van der Waals surface area (Å²) in [5.41, 5.74) is -0.346. The average Bonchev–Trinajstić information content (AvgIpc) is 2.82. The number of hydrogen-bond acceptors (Lipinski definition) is 2. The molecule has 0 aliphatic heterocycles. The number of Topliss-reactive ketones (excluding diaryl/α,β-unsaturated/α-hetero) is 1. The van der Waals surface area contributed by atoms with E-state index in [0.717, 1.165) is 12.1 Å². The third-order valence-corrected chi connectivity index (χ3v) is 2.69. The fraction of sp³-hybridized carbons (Fsp3) is 0.214. The van der Waals surface area contributed by atoms with E-state index in [4.69, 9.17) is 4.74 Å². The second-order valence-corrected chi connectivity index (χ2v) is 4.30. The quantitative estimate of drug-likeness (QED) is 0.806. The number of aryl methyl sites for hydroxylation is 1. The summed E-state index contributed by atoms with van der Waals surface area (Å²) in [6, 6.07) is 6.07. The smallest absolute Gasteiger partial charge is 0.416 e. The Morgan fingerprint density at radius 2 is 2.05 bits per heavy atom. The van der Waals surface area contributed by atoms with Crippen LogP contribution >= 0.6 is 0 Å². The van der Waals surface area contributed by atoms with E-state index >= 15 is 0 Å². The number of hydrogen-bond donors (Lipinski definition) is 0. The lowest BCUT2D eigenvalue weighted by molar-refractivity contribution is -0.137. The van der Waals surface area contributed by atoms with Crippen LogP contribution in [0.5, 0.6) is 5.75 Å². The van der Waals surface area contributed by atoms with Crippen molar-refractivity contribution < 1.29 is 22.7 Å². The van der Waals surface area contributed by atoms with Gasteiger partial charge >= 0.3 is 6.18 Å². The van der Waals surface area contributed by atoms with Crippen molar-refractivity contribution in [3.8, 4) is 5.75 Å². The fourth-order valence-corrected chi connectivity index (χ4v) is 1.66. The third-order valence-electron chi connectivity index (χ3n) is 2.69. The number of alkyl halides is 3. The zero-order valence-electron chi connectivity index (χ0n) is 10.6. The summed E-state index contributed by atoms with van der Waals surface area (Å²) in [6.07, 6.45) is -1.10. The van der Waals surface area contributed by atoms with Crippen molar-refractivity contribution in [2.45, 2.75) is 6.18 Å². The number of carbonyl (C=O) groups is 1. The van der Waals surface area contributed by atoms with Crippen LogP contribution < -0.4 is 4.74 Å². The van der Waals surface area contributed by atoms with E-state index < -0.39 is 11.7 Å². The van der Waals surface area contributed by atoms with Crippen molar-refractivity contribution >= 4 is 5.78 Å². The van der Waals surface area contributed by atoms with E-state index in [1.54, 1.807) is 30.1 Å². The van der Waals surface area contributed by atoms with Crippen LogP contribution in [0, 0.1) is 0 Å². The highest BCUT2D eigenvalue weighted by atomic mass is 19.4. The number of rotatable bonds is 4. The minimum atomic E-state index is -4.43. The SMILES string of the molecule is Cn1ccc(C(=O)COc2cccc(C(F)(F)F)c2)c1. The van der Waals surface area contributed by atoms with E-state index in [-0.39, 0.29) is 18.1 Å². The molecule has 1 aromatic heterocycles. The fourth-order valence-electron chi connectivity index (χ4n) is 1.66. The monoisotopic (exact) mass is 283 g/mol. The van der Waals surface area contributed by atoms with Gasteiger partial charge in [-0.2, -0.15) is 13.2 Å². The summed E-state index contributed by atoms with van der Waals surface area (Å²) in [5, 5.41) is 0. The first kappa shape index (κ1) is 14.2. The molecule has 0 bridgehead atoms. The number of benzene rings is 1. The van der Waals surface area contributed by atoms with Crippen LogP contribution in [0.4, 0.5) is 13.2 Å². The zero-order valence-corrected chi connectivity index (χ0v) is 10.6. The van der Waals surface area contributed by atoms with Gasteiger partial charge in [-0.15, -0.1) is 0 Å². The van der Waals surface area contributed by atoms with E-state index in [2.05, 4.69) is 0 Å². The molecule has 6 heteroatoms. The minimum Gasteiger partial charge on any atom is -0.485 e. The molecule has 0 fully saturated rings. The molecular weight excluding hydrogens is 271 g/mol. The molecule has 1 aromatic carbocycles. The minimum absolute atomic E-state index is 0.0177. The standard InChI is InChI=1S/C14H12F3NO2/c1-18-6-5-10(8-18)13(19)9-20-12-4-2-3-11(7-12)14(15,16)17/h2-8H,9H2,1H3. The van der Waals surface area contributed by atoms with Crippen LogP contribution in [0.1, 0.15) is 15.9 Å². The van der Waals surface area contributed by atoms with Crippen molar-refractivity contribution in [2.24, 2.45) is 7.05 Å². The van der Waals surface area contributed by atoms with Crippen LogP contribution in [0.3, 0.4) is 0 Å². The Kier molecular flexibility index (Phi) is 3.83. The lowest BCUT2D eigenvalue weighted by Crippen LogP contribution is -2.11. The lowest BCUT2D eigenvalue weighted by Gasteiger charge is -2.09. The first-order valence-corrected chi connectivity index (χ1v) is 5.81. The molecule has 2 aromatic rings. The molecule has 1 heterocycles. The molecule has 0 atom stereocenters. The molecule has 0 saturated heterocycles. The van der Waals surface area contributed by atoms with Crippen molar-refractivity contribution in [1.82, 2.24) is 4.57 Å². The lowest BCUT2D eigenvalue weighted by atomic mass is 10.2. The van der Waals surface area contributed by atoms with E-state index in [1.807, 2.05) is 0 Å². The van der Waals surface area contributed by atoms with E-state index in [1.165, 1.54) is 12.1 Å². The maximum Gasteiger partial charge on any atom is 0.416 e. The third kappa shape index (κ3) is 3.40. The number of ether oxygens (including phenoxy) is 1. The molecule has 2 rings (SSSR count). The summed E-state index contributed by atoms with van der Waals surface area (Å²) in [7, 11) is 1.77. The van der Waals surface area contributed by atoms with E-state index in [0.29, 0.717) is 5.56 Å². The van der Waals surface area contributed by atoms with Crippen molar-refractivity contribution in [3.05, 3.63) is 53.9 Å². The van der Waals surface area contributed by atoms with Gasteiger partial charge in [0, 0.05) is 25.0 Å². The molecule has 0 aliphatic rings. The van der Waals surface area contributed by atoms with Gasteiger partial charge in [-0.05, 0) is 24.3 Å². The Morgan fingerprint density at radius 3 is 2.65 bits per heavy atom. The Morgan fingerprint density at radius 1 is 1.30 bits per heavy atom. The largest absolute Gasteiger partial charge is 0.485 e. The van der Waals surface area contributed by atoms with Gasteiger partial charge in [0.1, 0.15) is 5.75 Å². The molecule has 0 amide bonds. The first-order chi connectivity index (χ1) is 9.36. The predicted octanol–water partition coefficient (Wildman–Crippen LogP) is 3.31. The highest BCUT2D eigenvalue weighted by Crippen LogP contribution is 2.31. The van der Waals surface area contributed by atoms with Crippen LogP contribution in [0.15, 0.2) is 42.7 Å². The van der Waals surface area contributed by atoms with Crippen molar-refractivity contribution in [3.63, 3.8) is 0 Å². The van der Waals surface area contributed by atoms with Crippen LogP contribution in [-0.2, 0) is 13.2 Å². The highest BCUT2D eigenvalue weighted by molar-refractivity contribution is 5.97. The van der Waals surface area contributed by atoms with Gasteiger partial charge in [0.25, 0.3) is 0 Å². The molecule has 0 unspecified atom stereocenters. The average molecular weight is 283 g/mol. The molecule has 3 nitrogen and oxygen atoms in total.